The molecular weight excluding hydrogens is 269 g/mol. The van der Waals surface area contributed by atoms with E-state index in [1.165, 1.54) is 12.1 Å². The standard InChI is InChI=1S/C16H18FN3O/c1-9-10(2)19-14-4-3-12(17)7-13(14)15(9)20-6-5-11(8-20)16(18)21/h3-4,7,11H,5-6,8H2,1-2H3,(H2,18,21)/t11-/m1/s1. The van der Waals surface area contributed by atoms with Gasteiger partial charge >= 0.3 is 0 Å². The molecule has 4 nitrogen and oxygen atoms in total. The molecule has 110 valence electrons. The summed E-state index contributed by atoms with van der Waals surface area (Å²) < 4.78 is 13.6. The summed E-state index contributed by atoms with van der Waals surface area (Å²) in [5.74, 6) is -0.683. The molecule has 3 rings (SSSR count). The van der Waals surface area contributed by atoms with E-state index >= 15 is 0 Å². The Hall–Kier alpha value is -2.17. The minimum atomic E-state index is -0.278. The van der Waals surface area contributed by atoms with E-state index in [9.17, 15) is 9.18 Å². The summed E-state index contributed by atoms with van der Waals surface area (Å²) in [6.07, 6.45) is 0.743. The van der Waals surface area contributed by atoms with Crippen molar-refractivity contribution in [1.29, 1.82) is 0 Å². The number of benzene rings is 1. The number of primary amides is 1. The van der Waals surface area contributed by atoms with Crippen LogP contribution in [0.2, 0.25) is 0 Å². The van der Waals surface area contributed by atoms with Crippen molar-refractivity contribution in [3.63, 3.8) is 0 Å². The molecule has 1 atom stereocenters. The summed E-state index contributed by atoms with van der Waals surface area (Å²) in [7, 11) is 0. The highest BCUT2D eigenvalue weighted by Gasteiger charge is 2.29. The van der Waals surface area contributed by atoms with Crippen molar-refractivity contribution in [3.8, 4) is 0 Å². The number of amides is 1. The second kappa shape index (κ2) is 4.98. The maximum Gasteiger partial charge on any atom is 0.222 e. The van der Waals surface area contributed by atoms with Crippen molar-refractivity contribution in [2.45, 2.75) is 20.3 Å². The molecule has 0 spiro atoms. The number of nitrogens with two attached hydrogens (primary N) is 1. The molecule has 2 N–H and O–H groups in total. The normalized spacial score (nSPS) is 18.4. The highest BCUT2D eigenvalue weighted by Crippen LogP contribution is 2.34. The molecule has 1 saturated heterocycles. The zero-order valence-electron chi connectivity index (χ0n) is 12.2. The lowest BCUT2D eigenvalue weighted by Crippen LogP contribution is -2.28. The van der Waals surface area contributed by atoms with Crippen molar-refractivity contribution < 1.29 is 9.18 Å². The molecule has 1 aliphatic rings. The SMILES string of the molecule is Cc1nc2ccc(F)cc2c(N2CC[C@@H](C(N)=O)C2)c1C. The fourth-order valence-corrected chi connectivity index (χ4v) is 3.04. The van der Waals surface area contributed by atoms with E-state index in [0.29, 0.717) is 6.54 Å². The number of carbonyl (C=O) groups excluding carboxylic acids is 1. The first-order valence-corrected chi connectivity index (χ1v) is 7.08. The van der Waals surface area contributed by atoms with Gasteiger partial charge in [0.05, 0.1) is 17.1 Å². The van der Waals surface area contributed by atoms with Gasteiger partial charge in [-0.2, -0.15) is 0 Å². The molecule has 2 heterocycles. The third-order valence-electron chi connectivity index (χ3n) is 4.31. The van der Waals surface area contributed by atoms with Gasteiger partial charge in [-0.3, -0.25) is 9.78 Å². The number of aromatic nitrogens is 1. The number of rotatable bonds is 2. The second-order valence-electron chi connectivity index (χ2n) is 5.67. The zero-order chi connectivity index (χ0) is 15.1. The first-order valence-electron chi connectivity index (χ1n) is 7.08. The average Bonchev–Trinajstić information content (AvgIpc) is 2.90. The number of hydrogen-bond donors (Lipinski definition) is 1. The summed E-state index contributed by atoms with van der Waals surface area (Å²) in [4.78, 5) is 18.0. The van der Waals surface area contributed by atoms with E-state index < -0.39 is 0 Å². The van der Waals surface area contributed by atoms with Crippen molar-refractivity contribution >= 4 is 22.5 Å². The van der Waals surface area contributed by atoms with Gasteiger partial charge in [0.2, 0.25) is 5.91 Å². The van der Waals surface area contributed by atoms with E-state index in [1.54, 1.807) is 6.07 Å². The van der Waals surface area contributed by atoms with Gasteiger partial charge in [0.15, 0.2) is 0 Å². The lowest BCUT2D eigenvalue weighted by molar-refractivity contribution is -0.121. The maximum atomic E-state index is 13.6. The van der Waals surface area contributed by atoms with E-state index in [4.69, 9.17) is 5.73 Å². The van der Waals surface area contributed by atoms with Gasteiger partial charge in [-0.15, -0.1) is 0 Å². The van der Waals surface area contributed by atoms with E-state index in [-0.39, 0.29) is 17.6 Å². The Bertz CT molecular complexity index is 729. The van der Waals surface area contributed by atoms with E-state index in [1.807, 2.05) is 13.8 Å². The lowest BCUT2D eigenvalue weighted by atomic mass is 10.1. The number of pyridine rings is 1. The van der Waals surface area contributed by atoms with Gasteiger partial charge in [0.25, 0.3) is 0 Å². The molecule has 2 aromatic rings. The Morgan fingerprint density at radius 1 is 1.43 bits per heavy atom. The van der Waals surface area contributed by atoms with Crippen LogP contribution in [-0.2, 0) is 4.79 Å². The van der Waals surface area contributed by atoms with Gasteiger partial charge in [-0.05, 0) is 44.0 Å². The summed E-state index contributed by atoms with van der Waals surface area (Å²) in [5.41, 5.74) is 9.10. The zero-order valence-corrected chi connectivity index (χ0v) is 12.2. The molecule has 0 unspecified atom stereocenters. The smallest absolute Gasteiger partial charge is 0.222 e. The first kappa shape index (κ1) is 13.8. The van der Waals surface area contributed by atoms with Crippen LogP contribution in [0.15, 0.2) is 18.2 Å². The third kappa shape index (κ3) is 2.33. The number of nitrogens with zero attached hydrogens (tertiary/aromatic N) is 2. The van der Waals surface area contributed by atoms with Crippen LogP contribution in [0.3, 0.4) is 0 Å². The molecule has 1 amide bonds. The fraction of sp³-hybridized carbons (Fsp3) is 0.375. The number of halogens is 1. The summed E-state index contributed by atoms with van der Waals surface area (Å²) in [6, 6.07) is 4.63. The number of fused-ring (bicyclic) bond motifs is 1. The molecular formula is C16H18FN3O. The molecule has 0 bridgehead atoms. The van der Waals surface area contributed by atoms with Crippen LogP contribution < -0.4 is 10.6 Å². The van der Waals surface area contributed by atoms with E-state index in [2.05, 4.69) is 9.88 Å². The first-order chi connectivity index (χ1) is 9.97. The number of aryl methyl sites for hydroxylation is 1. The Morgan fingerprint density at radius 2 is 2.19 bits per heavy atom. The van der Waals surface area contributed by atoms with Crippen LogP contribution in [0.1, 0.15) is 17.7 Å². The minimum absolute atomic E-state index is 0.138. The quantitative estimate of drug-likeness (QED) is 0.922. The predicted octanol–water partition coefficient (Wildman–Crippen LogP) is 2.30. The molecule has 21 heavy (non-hydrogen) atoms. The van der Waals surface area contributed by atoms with Gasteiger partial charge in [0, 0.05) is 24.2 Å². The summed E-state index contributed by atoms with van der Waals surface area (Å²) in [5, 5.41) is 0.795. The minimum Gasteiger partial charge on any atom is -0.370 e. The van der Waals surface area contributed by atoms with Crippen molar-refractivity contribution in [2.75, 3.05) is 18.0 Å². The van der Waals surface area contributed by atoms with Gasteiger partial charge in [-0.25, -0.2) is 4.39 Å². The number of anilines is 1. The highest BCUT2D eigenvalue weighted by atomic mass is 19.1. The predicted molar refractivity (Wildman–Crippen MR) is 80.7 cm³/mol. The van der Waals surface area contributed by atoms with Crippen molar-refractivity contribution in [2.24, 2.45) is 11.7 Å². The maximum absolute atomic E-state index is 13.6. The van der Waals surface area contributed by atoms with Gasteiger partial charge < -0.3 is 10.6 Å². The van der Waals surface area contributed by atoms with Crippen molar-refractivity contribution in [1.82, 2.24) is 4.98 Å². The fourth-order valence-electron chi connectivity index (χ4n) is 3.04. The molecule has 1 aromatic heterocycles. The van der Waals surface area contributed by atoms with Gasteiger partial charge in [-0.1, -0.05) is 0 Å². The molecule has 0 aliphatic carbocycles. The molecule has 1 fully saturated rings. The van der Waals surface area contributed by atoms with Crippen LogP contribution in [0.25, 0.3) is 10.9 Å². The molecule has 0 saturated carbocycles. The van der Waals surface area contributed by atoms with Crippen LogP contribution in [0.4, 0.5) is 10.1 Å². The van der Waals surface area contributed by atoms with Crippen LogP contribution in [-0.4, -0.2) is 24.0 Å². The summed E-state index contributed by atoms with van der Waals surface area (Å²) >= 11 is 0. The van der Waals surface area contributed by atoms with Crippen LogP contribution in [0, 0.1) is 25.6 Å². The lowest BCUT2D eigenvalue weighted by Gasteiger charge is -2.23. The monoisotopic (exact) mass is 287 g/mol. The van der Waals surface area contributed by atoms with Gasteiger partial charge in [0.1, 0.15) is 5.82 Å². The Kier molecular flexibility index (Phi) is 3.27. The Morgan fingerprint density at radius 3 is 2.86 bits per heavy atom. The third-order valence-corrected chi connectivity index (χ3v) is 4.31. The Labute approximate surface area is 122 Å². The Balaban J connectivity index is 2.15. The van der Waals surface area contributed by atoms with Crippen LogP contribution >= 0.6 is 0 Å². The summed E-state index contributed by atoms with van der Waals surface area (Å²) in [6.45, 7) is 5.28. The number of hydrogen-bond acceptors (Lipinski definition) is 3. The molecule has 5 heteroatoms. The molecule has 0 radical (unpaired) electrons. The average molecular weight is 287 g/mol. The highest BCUT2D eigenvalue weighted by molar-refractivity contribution is 5.94. The second-order valence-corrected chi connectivity index (χ2v) is 5.67. The topological polar surface area (TPSA) is 59.2 Å². The largest absolute Gasteiger partial charge is 0.370 e. The molecule has 1 aromatic carbocycles. The molecule has 1 aliphatic heterocycles. The number of carbonyl (C=O) groups is 1. The van der Waals surface area contributed by atoms with Crippen molar-refractivity contribution in [3.05, 3.63) is 35.3 Å². The van der Waals surface area contributed by atoms with E-state index in [0.717, 1.165) is 40.8 Å². The van der Waals surface area contributed by atoms with Crippen LogP contribution in [0.5, 0.6) is 0 Å².